The summed E-state index contributed by atoms with van der Waals surface area (Å²) in [7, 11) is 1.81. The lowest BCUT2D eigenvalue weighted by Crippen LogP contribution is -2.33. The number of nitrogen functional groups attached to an aromatic ring is 1. The molecule has 0 unspecified atom stereocenters. The maximum atomic E-state index is 14.1. The Morgan fingerprint density at radius 3 is 2.65 bits per heavy atom. The highest BCUT2D eigenvalue weighted by atomic mass is 16.2. The molecule has 4 heterocycles. The van der Waals surface area contributed by atoms with Crippen molar-refractivity contribution in [1.29, 1.82) is 0 Å². The van der Waals surface area contributed by atoms with Crippen LogP contribution in [0.1, 0.15) is 40.3 Å². The molecule has 40 heavy (non-hydrogen) atoms. The fourth-order valence-corrected chi connectivity index (χ4v) is 4.50. The van der Waals surface area contributed by atoms with E-state index in [9.17, 15) is 9.59 Å². The van der Waals surface area contributed by atoms with Gasteiger partial charge in [-0.25, -0.2) is 9.50 Å². The van der Waals surface area contributed by atoms with Crippen molar-refractivity contribution < 1.29 is 4.79 Å². The van der Waals surface area contributed by atoms with Crippen LogP contribution in [-0.4, -0.2) is 45.1 Å². The van der Waals surface area contributed by atoms with Crippen LogP contribution in [-0.2, 0) is 7.05 Å². The summed E-state index contributed by atoms with van der Waals surface area (Å²) in [6.07, 6.45) is 6.22. The number of hydrogen-bond donors (Lipinski definition) is 2. The van der Waals surface area contributed by atoms with E-state index < -0.39 is 11.9 Å². The highest BCUT2D eigenvalue weighted by Gasteiger charge is 2.24. The van der Waals surface area contributed by atoms with E-state index in [1.807, 2.05) is 25.2 Å². The molecular weight excluding hydrogens is 508 g/mol. The number of carbonyl (C=O) groups is 1. The van der Waals surface area contributed by atoms with Crippen LogP contribution in [0.3, 0.4) is 0 Å². The van der Waals surface area contributed by atoms with Gasteiger partial charge in [0, 0.05) is 18.8 Å². The number of amides is 1. The summed E-state index contributed by atoms with van der Waals surface area (Å²) in [5, 5.41) is 19.1. The van der Waals surface area contributed by atoms with Crippen molar-refractivity contribution in [1.82, 2.24) is 44.5 Å². The Kier molecular flexibility index (Phi) is 6.01. The van der Waals surface area contributed by atoms with E-state index in [0.29, 0.717) is 33.5 Å². The fourth-order valence-electron chi connectivity index (χ4n) is 4.50. The summed E-state index contributed by atoms with van der Waals surface area (Å²) in [5.41, 5.74) is 8.60. The zero-order valence-electron chi connectivity index (χ0n) is 21.5. The Labute approximate surface area is 227 Å². The van der Waals surface area contributed by atoms with Crippen LogP contribution in [0.2, 0.25) is 0 Å². The highest BCUT2D eigenvalue weighted by Crippen LogP contribution is 2.22. The van der Waals surface area contributed by atoms with Gasteiger partial charge in [-0.05, 0) is 31.2 Å². The number of nitrogens with two attached hydrogens (primary N) is 1. The molecule has 0 radical (unpaired) electrons. The van der Waals surface area contributed by atoms with Crippen LogP contribution in [0.25, 0.3) is 22.1 Å². The van der Waals surface area contributed by atoms with Gasteiger partial charge in [0.05, 0.1) is 40.6 Å². The van der Waals surface area contributed by atoms with Crippen LogP contribution in [0.4, 0.5) is 5.82 Å². The first-order chi connectivity index (χ1) is 19.4. The van der Waals surface area contributed by atoms with E-state index in [-0.39, 0.29) is 16.9 Å². The minimum absolute atomic E-state index is 0.0308. The topological polar surface area (TPSA) is 151 Å². The molecule has 6 rings (SSSR count). The number of fused-ring (bicyclic) bond motifs is 2. The molecule has 0 saturated carbocycles. The number of aryl methyl sites for hydroxylation is 1. The van der Waals surface area contributed by atoms with Gasteiger partial charge in [-0.1, -0.05) is 36.1 Å². The number of carbonyl (C=O) groups excluding carboxylic acids is 1. The van der Waals surface area contributed by atoms with E-state index in [1.165, 1.54) is 21.6 Å². The van der Waals surface area contributed by atoms with E-state index in [2.05, 4.69) is 37.6 Å². The predicted octanol–water partition coefficient (Wildman–Crippen LogP) is 2.03. The number of hydrogen-bond acceptors (Lipinski definition) is 8. The van der Waals surface area contributed by atoms with Crippen LogP contribution >= 0.6 is 0 Å². The van der Waals surface area contributed by atoms with Gasteiger partial charge in [0.2, 0.25) is 0 Å². The third-order valence-corrected chi connectivity index (χ3v) is 6.33. The summed E-state index contributed by atoms with van der Waals surface area (Å²) in [4.78, 5) is 32.3. The normalized spacial score (nSPS) is 11.8. The molecule has 6 aromatic rings. The Bertz CT molecular complexity index is 2030. The minimum Gasteiger partial charge on any atom is -0.382 e. The van der Waals surface area contributed by atoms with E-state index in [4.69, 9.17) is 10.7 Å². The Hall–Kier alpha value is -5.83. The number of aromatic nitrogens is 8. The van der Waals surface area contributed by atoms with Crippen molar-refractivity contribution in [2.45, 2.75) is 13.0 Å². The summed E-state index contributed by atoms with van der Waals surface area (Å²) < 4.78 is 4.53. The molecule has 2 aromatic carbocycles. The molecule has 1 atom stereocenters. The molecule has 12 heteroatoms. The number of benzene rings is 2. The van der Waals surface area contributed by atoms with Gasteiger partial charge in [0.1, 0.15) is 23.2 Å². The van der Waals surface area contributed by atoms with E-state index >= 15 is 0 Å². The second-order valence-corrected chi connectivity index (χ2v) is 9.06. The lowest BCUT2D eigenvalue weighted by molar-refractivity contribution is 0.0940. The highest BCUT2D eigenvalue weighted by molar-refractivity contribution is 6.05. The molecule has 196 valence electrons. The first-order valence-electron chi connectivity index (χ1n) is 12.3. The quantitative estimate of drug-likeness (QED) is 0.329. The van der Waals surface area contributed by atoms with Crippen molar-refractivity contribution in [3.63, 3.8) is 0 Å². The molecule has 3 N–H and O–H groups in total. The summed E-state index contributed by atoms with van der Waals surface area (Å²) in [5.74, 6) is 6.04. The average Bonchev–Trinajstić information content (AvgIpc) is 3.53. The molecule has 4 aromatic heterocycles. The van der Waals surface area contributed by atoms with Crippen molar-refractivity contribution in [2.24, 2.45) is 7.05 Å². The van der Waals surface area contributed by atoms with Gasteiger partial charge >= 0.3 is 0 Å². The van der Waals surface area contributed by atoms with Gasteiger partial charge in [0.15, 0.2) is 5.82 Å². The molecule has 0 fully saturated rings. The molecule has 0 aliphatic rings. The van der Waals surface area contributed by atoms with Crippen molar-refractivity contribution in [3.05, 3.63) is 106 Å². The molecule has 0 aliphatic carbocycles. The number of nitrogens with zero attached hydrogens (tertiary/aromatic N) is 8. The van der Waals surface area contributed by atoms with Crippen molar-refractivity contribution >= 4 is 28.1 Å². The Morgan fingerprint density at radius 2 is 1.88 bits per heavy atom. The number of para-hydroxylation sites is 1. The Balaban J connectivity index is 1.48. The molecule has 12 nitrogen and oxygen atoms in total. The maximum absolute atomic E-state index is 14.1. The summed E-state index contributed by atoms with van der Waals surface area (Å²) in [6.45, 7) is 1.75. The van der Waals surface area contributed by atoms with Crippen LogP contribution in [0.15, 0.2) is 78.2 Å². The third-order valence-electron chi connectivity index (χ3n) is 6.33. The fraction of sp³-hybridized carbons (Fsp3) is 0.107. The molecule has 1 amide bonds. The molecule has 0 aliphatic heterocycles. The second-order valence-electron chi connectivity index (χ2n) is 9.06. The maximum Gasteiger partial charge on any atom is 0.267 e. The van der Waals surface area contributed by atoms with E-state index in [0.717, 1.165) is 5.56 Å². The van der Waals surface area contributed by atoms with Crippen LogP contribution < -0.4 is 16.6 Å². The summed E-state index contributed by atoms with van der Waals surface area (Å²) >= 11 is 0. The molecule has 0 bridgehead atoms. The molecular formula is C28H22N10O2. The second kappa shape index (κ2) is 9.80. The average molecular weight is 531 g/mol. The van der Waals surface area contributed by atoms with E-state index in [1.54, 1.807) is 54.3 Å². The largest absolute Gasteiger partial charge is 0.382 e. The smallest absolute Gasteiger partial charge is 0.267 e. The Morgan fingerprint density at radius 1 is 1.05 bits per heavy atom. The van der Waals surface area contributed by atoms with Gasteiger partial charge < -0.3 is 11.1 Å². The number of nitrogens with one attached hydrogen (secondary N) is 1. The number of rotatable bonds is 4. The summed E-state index contributed by atoms with van der Waals surface area (Å²) in [6, 6.07) is 13.8. The monoisotopic (exact) mass is 530 g/mol. The SMILES string of the molecule is C[C@H](NC(=O)c1c(N)nn2cnncc12)c1nc2cccc(C#Cc3cnn(C)c3)c2c(=O)n1-c1ccccc1. The van der Waals surface area contributed by atoms with Crippen LogP contribution in [0, 0.1) is 11.8 Å². The third kappa shape index (κ3) is 4.31. The first-order valence-corrected chi connectivity index (χ1v) is 12.3. The zero-order chi connectivity index (χ0) is 27.8. The standard InChI is InChI=1S/C28H22N10O2/c1-17(33-27(39)24-22-14-30-31-16-37(22)35-25(24)29)26-34-21-10-6-7-19(12-11-18-13-32-36(2)15-18)23(21)28(40)38(26)20-8-4-3-5-9-20/h3-10,13-17H,1-2H3,(H2,29,35)(H,33,39)/t17-/m0/s1. The van der Waals surface area contributed by atoms with Crippen LogP contribution in [0.5, 0.6) is 0 Å². The minimum atomic E-state index is -0.695. The first kappa shape index (κ1) is 24.5. The predicted molar refractivity (Wildman–Crippen MR) is 148 cm³/mol. The molecule has 0 saturated heterocycles. The lowest BCUT2D eigenvalue weighted by Gasteiger charge is -2.20. The van der Waals surface area contributed by atoms with Gasteiger partial charge in [-0.2, -0.15) is 10.2 Å². The van der Waals surface area contributed by atoms with Crippen molar-refractivity contribution in [3.8, 4) is 17.5 Å². The zero-order valence-corrected chi connectivity index (χ0v) is 21.5. The van der Waals surface area contributed by atoms with Gasteiger partial charge in [-0.15, -0.1) is 10.2 Å². The van der Waals surface area contributed by atoms with Gasteiger partial charge in [-0.3, -0.25) is 18.8 Å². The van der Waals surface area contributed by atoms with Gasteiger partial charge in [0.25, 0.3) is 11.5 Å². The molecule has 0 spiro atoms. The van der Waals surface area contributed by atoms with Crippen molar-refractivity contribution in [2.75, 3.05) is 5.73 Å². The number of anilines is 1. The lowest BCUT2D eigenvalue weighted by atomic mass is 10.1.